The topological polar surface area (TPSA) is 42.5 Å². The molecule has 0 aromatic heterocycles. The Hall–Kier alpha value is -1.26. The van der Waals surface area contributed by atoms with Crippen LogP contribution in [0.15, 0.2) is 18.2 Å². The number of nitrogens with one attached hydrogen (secondary N) is 2. The van der Waals surface area contributed by atoms with E-state index >= 15 is 0 Å². The van der Waals surface area contributed by atoms with Gasteiger partial charge in [0.25, 0.3) is 0 Å². The molecule has 4 nitrogen and oxygen atoms in total. The molecule has 18 heavy (non-hydrogen) atoms. The molecule has 0 heterocycles. The summed E-state index contributed by atoms with van der Waals surface area (Å²) in [6.07, 6.45) is 2.69. The van der Waals surface area contributed by atoms with Gasteiger partial charge in [0.15, 0.2) is 11.5 Å². The van der Waals surface area contributed by atoms with Gasteiger partial charge in [-0.25, -0.2) is 0 Å². The van der Waals surface area contributed by atoms with Crippen molar-refractivity contribution in [2.75, 3.05) is 27.3 Å². The first-order valence-electron chi connectivity index (χ1n) is 6.48. The summed E-state index contributed by atoms with van der Waals surface area (Å²) in [5.41, 5.74) is 1.21. The van der Waals surface area contributed by atoms with Gasteiger partial charge in [-0.15, -0.1) is 0 Å². The third-order valence-electron chi connectivity index (χ3n) is 3.09. The first-order chi connectivity index (χ1) is 8.83. The van der Waals surface area contributed by atoms with Gasteiger partial charge >= 0.3 is 0 Å². The number of hydrogen-bond acceptors (Lipinski definition) is 4. The van der Waals surface area contributed by atoms with Crippen LogP contribution in [0.2, 0.25) is 0 Å². The van der Waals surface area contributed by atoms with Crippen LogP contribution in [0, 0.1) is 0 Å². The molecular formula is C14H22N2O2. The van der Waals surface area contributed by atoms with E-state index in [1.807, 2.05) is 12.1 Å². The average molecular weight is 250 g/mol. The maximum absolute atomic E-state index is 5.28. The third kappa shape index (κ3) is 3.89. The second-order valence-electron chi connectivity index (χ2n) is 4.59. The van der Waals surface area contributed by atoms with E-state index in [1.165, 1.54) is 18.4 Å². The highest BCUT2D eigenvalue weighted by molar-refractivity contribution is 5.42. The predicted octanol–water partition coefficient (Wildman–Crippen LogP) is 1.55. The van der Waals surface area contributed by atoms with E-state index in [9.17, 15) is 0 Å². The SMILES string of the molecule is COc1ccc(CNCCNC2CC2)cc1OC. The largest absolute Gasteiger partial charge is 0.493 e. The van der Waals surface area contributed by atoms with Crippen LogP contribution in [-0.2, 0) is 6.54 Å². The Morgan fingerprint density at radius 3 is 2.56 bits per heavy atom. The number of benzene rings is 1. The number of rotatable bonds is 8. The molecule has 1 aliphatic rings. The van der Waals surface area contributed by atoms with Gasteiger partial charge in [0.2, 0.25) is 0 Å². The van der Waals surface area contributed by atoms with Gasteiger partial charge in [-0.3, -0.25) is 0 Å². The van der Waals surface area contributed by atoms with Crippen LogP contribution >= 0.6 is 0 Å². The maximum Gasteiger partial charge on any atom is 0.161 e. The van der Waals surface area contributed by atoms with E-state index in [0.29, 0.717) is 0 Å². The lowest BCUT2D eigenvalue weighted by molar-refractivity contribution is 0.354. The Bertz CT molecular complexity index is 378. The maximum atomic E-state index is 5.28. The van der Waals surface area contributed by atoms with Crippen molar-refractivity contribution in [3.05, 3.63) is 23.8 Å². The molecule has 0 bridgehead atoms. The molecule has 1 aromatic rings. The molecule has 0 aliphatic heterocycles. The summed E-state index contributed by atoms with van der Waals surface area (Å²) in [7, 11) is 3.31. The molecule has 0 saturated heterocycles. The second kappa shape index (κ2) is 6.61. The summed E-state index contributed by atoms with van der Waals surface area (Å²) >= 11 is 0. The first kappa shape index (κ1) is 13.2. The Labute approximate surface area is 109 Å². The zero-order valence-corrected chi connectivity index (χ0v) is 11.2. The highest BCUT2D eigenvalue weighted by Crippen LogP contribution is 2.27. The third-order valence-corrected chi connectivity index (χ3v) is 3.09. The zero-order valence-electron chi connectivity index (χ0n) is 11.2. The molecule has 0 unspecified atom stereocenters. The van der Waals surface area contributed by atoms with Crippen molar-refractivity contribution in [2.45, 2.75) is 25.4 Å². The summed E-state index contributed by atoms with van der Waals surface area (Å²) in [6, 6.07) is 6.80. The van der Waals surface area contributed by atoms with Crippen LogP contribution in [0.1, 0.15) is 18.4 Å². The monoisotopic (exact) mass is 250 g/mol. The Morgan fingerprint density at radius 1 is 1.11 bits per heavy atom. The van der Waals surface area contributed by atoms with Crippen molar-refractivity contribution in [2.24, 2.45) is 0 Å². The lowest BCUT2D eigenvalue weighted by Crippen LogP contribution is -2.28. The summed E-state index contributed by atoms with van der Waals surface area (Å²) in [5.74, 6) is 1.56. The first-order valence-corrected chi connectivity index (χ1v) is 6.48. The summed E-state index contributed by atoms with van der Waals surface area (Å²) in [4.78, 5) is 0. The molecule has 1 saturated carbocycles. The molecule has 1 aromatic carbocycles. The Balaban J connectivity index is 1.73. The highest BCUT2D eigenvalue weighted by Gasteiger charge is 2.19. The van der Waals surface area contributed by atoms with Crippen molar-refractivity contribution < 1.29 is 9.47 Å². The van der Waals surface area contributed by atoms with Crippen molar-refractivity contribution >= 4 is 0 Å². The predicted molar refractivity (Wildman–Crippen MR) is 72.3 cm³/mol. The highest BCUT2D eigenvalue weighted by atomic mass is 16.5. The lowest BCUT2D eigenvalue weighted by Gasteiger charge is -2.10. The lowest BCUT2D eigenvalue weighted by atomic mass is 10.2. The van der Waals surface area contributed by atoms with Gasteiger partial charge in [-0.1, -0.05) is 6.07 Å². The van der Waals surface area contributed by atoms with E-state index in [4.69, 9.17) is 9.47 Å². The van der Waals surface area contributed by atoms with Gasteiger partial charge < -0.3 is 20.1 Å². The van der Waals surface area contributed by atoms with Gasteiger partial charge in [-0.2, -0.15) is 0 Å². The Kier molecular flexibility index (Phi) is 4.84. The van der Waals surface area contributed by atoms with Crippen molar-refractivity contribution in [1.29, 1.82) is 0 Å². The molecular weight excluding hydrogens is 228 g/mol. The number of methoxy groups -OCH3 is 2. The van der Waals surface area contributed by atoms with Gasteiger partial charge in [0.1, 0.15) is 0 Å². The van der Waals surface area contributed by atoms with Gasteiger partial charge in [0, 0.05) is 25.7 Å². The van der Waals surface area contributed by atoms with Gasteiger partial charge in [-0.05, 0) is 30.5 Å². The number of hydrogen-bond donors (Lipinski definition) is 2. The molecule has 4 heteroatoms. The fraction of sp³-hybridized carbons (Fsp3) is 0.571. The molecule has 1 fully saturated rings. The van der Waals surface area contributed by atoms with Crippen molar-refractivity contribution in [3.8, 4) is 11.5 Å². The van der Waals surface area contributed by atoms with Crippen LogP contribution in [0.3, 0.4) is 0 Å². The number of ether oxygens (including phenoxy) is 2. The summed E-state index contributed by atoms with van der Waals surface area (Å²) < 4.78 is 10.5. The van der Waals surface area contributed by atoms with Crippen molar-refractivity contribution in [3.63, 3.8) is 0 Å². The zero-order chi connectivity index (χ0) is 12.8. The normalized spacial score (nSPS) is 14.6. The van der Waals surface area contributed by atoms with Crippen molar-refractivity contribution in [1.82, 2.24) is 10.6 Å². The van der Waals surface area contributed by atoms with E-state index in [1.54, 1.807) is 14.2 Å². The van der Waals surface area contributed by atoms with Crippen LogP contribution < -0.4 is 20.1 Å². The average Bonchev–Trinajstić information content (AvgIpc) is 3.22. The van der Waals surface area contributed by atoms with Crippen LogP contribution in [0.25, 0.3) is 0 Å². The summed E-state index contributed by atoms with van der Waals surface area (Å²) in [6.45, 7) is 2.88. The van der Waals surface area contributed by atoms with E-state index in [2.05, 4.69) is 16.7 Å². The molecule has 0 amide bonds. The minimum atomic E-state index is 0.775. The Morgan fingerprint density at radius 2 is 1.89 bits per heavy atom. The van der Waals surface area contributed by atoms with E-state index < -0.39 is 0 Å². The minimum Gasteiger partial charge on any atom is -0.493 e. The fourth-order valence-electron chi connectivity index (χ4n) is 1.88. The van der Waals surface area contributed by atoms with Crippen LogP contribution in [0.4, 0.5) is 0 Å². The fourth-order valence-corrected chi connectivity index (χ4v) is 1.88. The molecule has 2 rings (SSSR count). The molecule has 2 N–H and O–H groups in total. The second-order valence-corrected chi connectivity index (χ2v) is 4.59. The van der Waals surface area contributed by atoms with Gasteiger partial charge in [0.05, 0.1) is 14.2 Å². The van der Waals surface area contributed by atoms with E-state index in [0.717, 1.165) is 37.2 Å². The molecule has 1 aliphatic carbocycles. The van der Waals surface area contributed by atoms with Crippen LogP contribution in [0.5, 0.6) is 11.5 Å². The molecule has 0 radical (unpaired) electrons. The molecule has 0 spiro atoms. The smallest absolute Gasteiger partial charge is 0.161 e. The molecule has 0 atom stereocenters. The molecule has 100 valence electrons. The minimum absolute atomic E-state index is 0.775. The standard InChI is InChI=1S/C14H22N2O2/c1-17-13-6-3-11(9-14(13)18-2)10-15-7-8-16-12-4-5-12/h3,6,9,12,15-16H,4-5,7-8,10H2,1-2H3. The quantitative estimate of drug-likeness (QED) is 0.687. The summed E-state index contributed by atoms with van der Waals surface area (Å²) in [5, 5.41) is 6.89. The van der Waals surface area contributed by atoms with E-state index in [-0.39, 0.29) is 0 Å². The van der Waals surface area contributed by atoms with Crippen LogP contribution in [-0.4, -0.2) is 33.4 Å².